The lowest BCUT2D eigenvalue weighted by atomic mass is 9.99. The van der Waals surface area contributed by atoms with E-state index in [9.17, 15) is 14.7 Å². The standard InChI is InChI=1S/C24H23NO3S/c26-23(21-14-8-7-13-20(21)19-11-5-2-6-12-19)25-22(24(27)28)17-29-16-15-18-9-3-1-4-10-18/h1-14,22H,15-17H2,(H,25,26)(H,27,28)/t22-/m0/s1. The van der Waals surface area contributed by atoms with Gasteiger partial charge in [-0.15, -0.1) is 0 Å². The molecule has 0 aliphatic heterocycles. The number of carbonyl (C=O) groups is 2. The summed E-state index contributed by atoms with van der Waals surface area (Å²) in [4.78, 5) is 24.5. The molecule has 5 heteroatoms. The molecule has 3 rings (SSSR count). The third-order valence-corrected chi connectivity index (χ3v) is 5.58. The van der Waals surface area contributed by atoms with Crippen molar-refractivity contribution in [3.8, 4) is 11.1 Å². The molecule has 0 spiro atoms. The van der Waals surface area contributed by atoms with Crippen LogP contribution >= 0.6 is 11.8 Å². The van der Waals surface area contributed by atoms with Crippen LogP contribution in [0.5, 0.6) is 0 Å². The molecule has 0 aliphatic rings. The molecule has 4 nitrogen and oxygen atoms in total. The van der Waals surface area contributed by atoms with E-state index in [-0.39, 0.29) is 5.91 Å². The average molecular weight is 406 g/mol. The molecule has 1 amide bonds. The summed E-state index contributed by atoms with van der Waals surface area (Å²) in [7, 11) is 0. The van der Waals surface area contributed by atoms with E-state index in [1.165, 1.54) is 17.3 Å². The molecule has 0 aromatic heterocycles. The highest BCUT2D eigenvalue weighted by Gasteiger charge is 2.22. The normalized spacial score (nSPS) is 11.6. The zero-order chi connectivity index (χ0) is 20.5. The first-order valence-electron chi connectivity index (χ1n) is 9.45. The first-order chi connectivity index (χ1) is 14.1. The molecule has 148 valence electrons. The van der Waals surface area contributed by atoms with Gasteiger partial charge in [0.15, 0.2) is 0 Å². The number of rotatable bonds is 9. The Morgan fingerprint density at radius 2 is 1.48 bits per heavy atom. The van der Waals surface area contributed by atoms with Crippen LogP contribution < -0.4 is 5.32 Å². The number of amides is 1. The molecule has 0 bridgehead atoms. The van der Waals surface area contributed by atoms with Crippen LogP contribution in [0.4, 0.5) is 0 Å². The van der Waals surface area contributed by atoms with E-state index in [0.717, 1.165) is 23.3 Å². The average Bonchev–Trinajstić information content (AvgIpc) is 2.77. The molecule has 3 aromatic rings. The topological polar surface area (TPSA) is 66.4 Å². The lowest BCUT2D eigenvalue weighted by Gasteiger charge is -2.16. The van der Waals surface area contributed by atoms with E-state index in [0.29, 0.717) is 11.3 Å². The van der Waals surface area contributed by atoms with E-state index in [4.69, 9.17) is 0 Å². The molecule has 0 fully saturated rings. The van der Waals surface area contributed by atoms with Gasteiger partial charge in [0.1, 0.15) is 6.04 Å². The van der Waals surface area contributed by atoms with Crippen molar-refractivity contribution >= 4 is 23.6 Å². The Morgan fingerprint density at radius 3 is 2.17 bits per heavy atom. The van der Waals surface area contributed by atoms with Gasteiger partial charge >= 0.3 is 5.97 Å². The molecule has 2 N–H and O–H groups in total. The summed E-state index contributed by atoms with van der Waals surface area (Å²) in [6.45, 7) is 0. The van der Waals surface area contributed by atoms with Crippen LogP contribution in [0, 0.1) is 0 Å². The summed E-state index contributed by atoms with van der Waals surface area (Å²) in [6.07, 6.45) is 0.864. The molecule has 0 saturated heterocycles. The Morgan fingerprint density at radius 1 is 0.862 bits per heavy atom. The van der Waals surface area contributed by atoms with Crippen LogP contribution in [0.3, 0.4) is 0 Å². The number of nitrogens with one attached hydrogen (secondary N) is 1. The summed E-state index contributed by atoms with van der Waals surface area (Å²) < 4.78 is 0. The number of hydrogen-bond donors (Lipinski definition) is 2. The minimum Gasteiger partial charge on any atom is -0.480 e. The van der Waals surface area contributed by atoms with Gasteiger partial charge < -0.3 is 10.4 Å². The molecular weight excluding hydrogens is 382 g/mol. The van der Waals surface area contributed by atoms with Crippen LogP contribution in [0.2, 0.25) is 0 Å². The van der Waals surface area contributed by atoms with Crippen molar-refractivity contribution in [2.75, 3.05) is 11.5 Å². The molecular formula is C24H23NO3S. The zero-order valence-corrected chi connectivity index (χ0v) is 16.8. The van der Waals surface area contributed by atoms with E-state index in [2.05, 4.69) is 17.4 Å². The summed E-state index contributed by atoms with van der Waals surface area (Å²) in [6, 6.07) is 26.0. The van der Waals surface area contributed by atoms with Crippen LogP contribution in [-0.2, 0) is 11.2 Å². The lowest BCUT2D eigenvalue weighted by molar-refractivity contribution is -0.138. The number of thioether (sulfide) groups is 1. The van der Waals surface area contributed by atoms with E-state index in [1.807, 2.05) is 60.7 Å². The van der Waals surface area contributed by atoms with Crippen LogP contribution in [0.15, 0.2) is 84.9 Å². The van der Waals surface area contributed by atoms with E-state index in [1.54, 1.807) is 12.1 Å². The molecule has 0 saturated carbocycles. The number of hydrogen-bond acceptors (Lipinski definition) is 3. The van der Waals surface area contributed by atoms with Gasteiger partial charge in [-0.05, 0) is 34.9 Å². The maximum absolute atomic E-state index is 12.8. The van der Waals surface area contributed by atoms with E-state index < -0.39 is 12.0 Å². The second-order valence-corrected chi connectivity index (χ2v) is 7.74. The van der Waals surface area contributed by atoms with Gasteiger partial charge in [0, 0.05) is 11.3 Å². The highest BCUT2D eigenvalue weighted by molar-refractivity contribution is 7.99. The molecule has 1 atom stereocenters. The number of benzene rings is 3. The predicted octanol–water partition coefficient (Wildman–Crippen LogP) is 4.51. The third-order valence-electron chi connectivity index (χ3n) is 4.52. The molecule has 0 heterocycles. The summed E-state index contributed by atoms with van der Waals surface area (Å²) >= 11 is 1.53. The van der Waals surface area contributed by atoms with Gasteiger partial charge in [-0.3, -0.25) is 4.79 Å². The second kappa shape index (κ2) is 10.5. The van der Waals surface area contributed by atoms with Crippen LogP contribution in [0.1, 0.15) is 15.9 Å². The minimum atomic E-state index is -1.03. The first-order valence-corrected chi connectivity index (χ1v) is 10.6. The quantitative estimate of drug-likeness (QED) is 0.514. The van der Waals surface area contributed by atoms with Crippen molar-refractivity contribution in [2.45, 2.75) is 12.5 Å². The Hall–Kier alpha value is -3.05. The van der Waals surface area contributed by atoms with Gasteiger partial charge in [0.25, 0.3) is 5.91 Å². The van der Waals surface area contributed by atoms with Crippen LogP contribution in [0.25, 0.3) is 11.1 Å². The van der Waals surface area contributed by atoms with Crippen molar-refractivity contribution in [2.24, 2.45) is 0 Å². The van der Waals surface area contributed by atoms with Crippen molar-refractivity contribution in [3.63, 3.8) is 0 Å². The van der Waals surface area contributed by atoms with E-state index >= 15 is 0 Å². The summed E-state index contributed by atoms with van der Waals surface area (Å²) in [5.41, 5.74) is 3.39. The van der Waals surface area contributed by atoms with Crippen LogP contribution in [-0.4, -0.2) is 34.5 Å². The van der Waals surface area contributed by atoms with Gasteiger partial charge in [-0.25, -0.2) is 4.79 Å². The van der Waals surface area contributed by atoms with Gasteiger partial charge in [0.2, 0.25) is 0 Å². The molecule has 0 unspecified atom stereocenters. The Balaban J connectivity index is 1.62. The summed E-state index contributed by atoms with van der Waals surface area (Å²) in [5, 5.41) is 12.2. The maximum Gasteiger partial charge on any atom is 0.327 e. The predicted molar refractivity (Wildman–Crippen MR) is 118 cm³/mol. The lowest BCUT2D eigenvalue weighted by Crippen LogP contribution is -2.42. The monoisotopic (exact) mass is 405 g/mol. The van der Waals surface area contributed by atoms with Gasteiger partial charge in [-0.2, -0.15) is 11.8 Å². The van der Waals surface area contributed by atoms with Crippen molar-refractivity contribution < 1.29 is 14.7 Å². The minimum absolute atomic E-state index is 0.321. The third kappa shape index (κ3) is 5.96. The van der Waals surface area contributed by atoms with Crippen molar-refractivity contribution in [1.82, 2.24) is 5.32 Å². The number of aliphatic carboxylic acids is 1. The number of carbonyl (C=O) groups excluding carboxylic acids is 1. The fourth-order valence-corrected chi connectivity index (χ4v) is 4.01. The van der Waals surface area contributed by atoms with Crippen molar-refractivity contribution in [1.29, 1.82) is 0 Å². The molecule has 0 aliphatic carbocycles. The molecule has 3 aromatic carbocycles. The van der Waals surface area contributed by atoms with Crippen molar-refractivity contribution in [3.05, 3.63) is 96.1 Å². The number of carboxylic acids is 1. The van der Waals surface area contributed by atoms with Gasteiger partial charge in [0.05, 0.1) is 0 Å². The summed E-state index contributed by atoms with van der Waals surface area (Å²) in [5.74, 6) is -0.283. The molecule has 29 heavy (non-hydrogen) atoms. The zero-order valence-electron chi connectivity index (χ0n) is 16.0. The molecule has 0 radical (unpaired) electrons. The number of carboxylic acid groups (broad SMARTS) is 1. The maximum atomic E-state index is 12.8. The number of aryl methyl sites for hydroxylation is 1. The Bertz CT molecular complexity index is 945. The Kier molecular flexibility index (Phi) is 7.47. The fourth-order valence-electron chi connectivity index (χ4n) is 3.00. The largest absolute Gasteiger partial charge is 0.480 e. The van der Waals surface area contributed by atoms with Gasteiger partial charge in [-0.1, -0.05) is 78.9 Å². The Labute approximate surface area is 175 Å². The fraction of sp³-hybridized carbons (Fsp3) is 0.167. The first kappa shape index (κ1) is 20.7. The highest BCUT2D eigenvalue weighted by atomic mass is 32.2. The SMILES string of the molecule is O=C(N[C@@H](CSCCc1ccccc1)C(=O)O)c1ccccc1-c1ccccc1. The second-order valence-electron chi connectivity index (χ2n) is 6.59. The highest BCUT2D eigenvalue weighted by Crippen LogP contribution is 2.23. The smallest absolute Gasteiger partial charge is 0.327 e.